The molecule has 0 aliphatic rings. The van der Waals surface area contributed by atoms with E-state index < -0.39 is 0 Å². The van der Waals surface area contributed by atoms with Gasteiger partial charge in [-0.1, -0.05) is 40.2 Å². The Labute approximate surface area is 120 Å². The van der Waals surface area contributed by atoms with E-state index in [0.717, 1.165) is 11.1 Å². The van der Waals surface area contributed by atoms with E-state index in [1.807, 2.05) is 18.2 Å². The molecule has 0 spiro atoms. The van der Waals surface area contributed by atoms with Gasteiger partial charge in [0.15, 0.2) is 0 Å². The Morgan fingerprint density at radius 1 is 1.11 bits per heavy atom. The lowest BCUT2D eigenvalue weighted by atomic mass is 10.1. The Balaban J connectivity index is 2.15. The van der Waals surface area contributed by atoms with Crippen molar-refractivity contribution in [1.29, 1.82) is 0 Å². The highest BCUT2D eigenvalue weighted by atomic mass is 79.9. The molecule has 0 unspecified atom stereocenters. The molecule has 19 heavy (non-hydrogen) atoms. The molecule has 4 heteroatoms. The highest BCUT2D eigenvalue weighted by Crippen LogP contribution is 2.14. The summed E-state index contributed by atoms with van der Waals surface area (Å²) in [5.41, 5.74) is 3.12. The zero-order chi connectivity index (χ0) is 13.7. The molecular weight excluding hydrogens is 306 g/mol. The second-order valence-electron chi connectivity index (χ2n) is 4.15. The monoisotopic (exact) mass is 319 g/mol. The Bertz CT molecular complexity index is 584. The number of alkyl halides is 1. The number of benzene rings is 2. The smallest absolute Gasteiger partial charge is 0.255 e. The molecule has 0 heterocycles. The van der Waals surface area contributed by atoms with Gasteiger partial charge < -0.3 is 10.4 Å². The molecule has 0 saturated heterocycles. The molecule has 2 aromatic carbocycles. The summed E-state index contributed by atoms with van der Waals surface area (Å²) in [6.07, 6.45) is 0. The van der Waals surface area contributed by atoms with Crippen molar-refractivity contribution in [1.82, 2.24) is 0 Å². The maximum atomic E-state index is 12.1. The van der Waals surface area contributed by atoms with Gasteiger partial charge in [0.2, 0.25) is 0 Å². The predicted octanol–water partition coefficient (Wildman–Crippen LogP) is 3.33. The number of hydrogen-bond acceptors (Lipinski definition) is 2. The molecule has 0 aliphatic carbocycles. The fraction of sp³-hybridized carbons (Fsp3) is 0.133. The summed E-state index contributed by atoms with van der Waals surface area (Å²) >= 11 is 3.37. The van der Waals surface area contributed by atoms with Crippen LogP contribution >= 0.6 is 15.9 Å². The number of halogens is 1. The van der Waals surface area contributed by atoms with Crippen molar-refractivity contribution in [3.8, 4) is 0 Å². The number of nitrogens with one attached hydrogen (secondary N) is 1. The van der Waals surface area contributed by atoms with Gasteiger partial charge in [-0.25, -0.2) is 0 Å². The number of aliphatic hydroxyl groups is 1. The number of amides is 1. The third-order valence-electron chi connectivity index (χ3n) is 2.71. The molecule has 0 aromatic heterocycles. The lowest BCUT2D eigenvalue weighted by molar-refractivity contribution is 0.102. The molecule has 0 saturated carbocycles. The van der Waals surface area contributed by atoms with Gasteiger partial charge in [-0.2, -0.15) is 0 Å². The first-order chi connectivity index (χ1) is 9.22. The van der Waals surface area contributed by atoms with E-state index >= 15 is 0 Å². The van der Waals surface area contributed by atoms with Crippen LogP contribution in [0.3, 0.4) is 0 Å². The summed E-state index contributed by atoms with van der Waals surface area (Å²) in [5, 5.41) is 12.6. The topological polar surface area (TPSA) is 49.3 Å². The van der Waals surface area contributed by atoms with Crippen LogP contribution in [0.5, 0.6) is 0 Å². The number of rotatable bonds is 4. The zero-order valence-electron chi connectivity index (χ0n) is 10.3. The van der Waals surface area contributed by atoms with E-state index in [9.17, 15) is 4.79 Å². The van der Waals surface area contributed by atoms with Gasteiger partial charge >= 0.3 is 0 Å². The van der Waals surface area contributed by atoms with Crippen molar-refractivity contribution >= 4 is 27.5 Å². The minimum Gasteiger partial charge on any atom is -0.392 e. The third kappa shape index (κ3) is 3.66. The Morgan fingerprint density at radius 3 is 2.58 bits per heavy atom. The van der Waals surface area contributed by atoms with Crippen LogP contribution in [0.4, 0.5) is 5.69 Å². The van der Waals surface area contributed by atoms with Gasteiger partial charge in [-0.05, 0) is 35.4 Å². The van der Waals surface area contributed by atoms with Crippen LogP contribution in [0.15, 0.2) is 48.5 Å². The van der Waals surface area contributed by atoms with E-state index in [-0.39, 0.29) is 12.5 Å². The van der Waals surface area contributed by atoms with Crippen LogP contribution < -0.4 is 5.32 Å². The van der Waals surface area contributed by atoms with Crippen molar-refractivity contribution in [2.24, 2.45) is 0 Å². The molecule has 0 radical (unpaired) electrons. The van der Waals surface area contributed by atoms with Crippen molar-refractivity contribution < 1.29 is 9.90 Å². The van der Waals surface area contributed by atoms with Gasteiger partial charge in [0.25, 0.3) is 5.91 Å². The molecular formula is C15H14BrNO2. The lowest BCUT2D eigenvalue weighted by Gasteiger charge is -2.07. The Morgan fingerprint density at radius 2 is 1.84 bits per heavy atom. The van der Waals surface area contributed by atoms with E-state index in [0.29, 0.717) is 16.6 Å². The largest absolute Gasteiger partial charge is 0.392 e. The van der Waals surface area contributed by atoms with Crippen molar-refractivity contribution in [3.05, 3.63) is 65.2 Å². The quantitative estimate of drug-likeness (QED) is 0.849. The second kappa shape index (κ2) is 6.50. The lowest BCUT2D eigenvalue weighted by Crippen LogP contribution is -2.12. The molecule has 0 bridgehead atoms. The van der Waals surface area contributed by atoms with Crippen molar-refractivity contribution in [2.45, 2.75) is 11.9 Å². The minimum absolute atomic E-state index is 0.0389. The van der Waals surface area contributed by atoms with E-state index in [4.69, 9.17) is 5.11 Å². The van der Waals surface area contributed by atoms with E-state index in [2.05, 4.69) is 21.2 Å². The van der Waals surface area contributed by atoms with Crippen molar-refractivity contribution in [3.63, 3.8) is 0 Å². The molecule has 0 fully saturated rings. The van der Waals surface area contributed by atoms with Crippen molar-refractivity contribution in [2.75, 3.05) is 5.32 Å². The third-order valence-corrected chi connectivity index (χ3v) is 3.36. The first-order valence-corrected chi connectivity index (χ1v) is 7.01. The van der Waals surface area contributed by atoms with Crippen LogP contribution in [0, 0.1) is 0 Å². The number of hydrogen-bond donors (Lipinski definition) is 2. The molecule has 0 aliphatic heterocycles. The molecule has 98 valence electrons. The highest BCUT2D eigenvalue weighted by Gasteiger charge is 2.06. The summed E-state index contributed by atoms with van der Waals surface area (Å²) in [5.74, 6) is -0.155. The van der Waals surface area contributed by atoms with Crippen LogP contribution in [0.2, 0.25) is 0 Å². The number of carbonyl (C=O) groups is 1. The van der Waals surface area contributed by atoms with Gasteiger partial charge in [-0.15, -0.1) is 0 Å². The zero-order valence-corrected chi connectivity index (χ0v) is 11.9. The normalized spacial score (nSPS) is 10.2. The van der Waals surface area contributed by atoms with Gasteiger partial charge in [0.05, 0.1) is 6.61 Å². The summed E-state index contributed by atoms with van der Waals surface area (Å²) in [4.78, 5) is 12.1. The summed E-state index contributed by atoms with van der Waals surface area (Å²) < 4.78 is 0. The predicted molar refractivity (Wildman–Crippen MR) is 79.4 cm³/mol. The molecule has 2 rings (SSSR count). The maximum Gasteiger partial charge on any atom is 0.255 e. The van der Waals surface area contributed by atoms with E-state index in [1.54, 1.807) is 30.3 Å². The fourth-order valence-electron chi connectivity index (χ4n) is 1.75. The first kappa shape index (κ1) is 13.8. The van der Waals surface area contributed by atoms with Crippen LogP contribution in [0.1, 0.15) is 21.5 Å². The number of carbonyl (C=O) groups excluding carboxylic acids is 1. The standard InChI is InChI=1S/C15H14BrNO2/c16-9-11-3-1-5-13(7-11)15(19)17-14-6-2-4-12(8-14)10-18/h1-8,18H,9-10H2,(H,17,19). The van der Waals surface area contributed by atoms with Gasteiger partial charge in [-0.3, -0.25) is 4.79 Å². The van der Waals surface area contributed by atoms with E-state index in [1.165, 1.54) is 0 Å². The summed E-state index contributed by atoms with van der Waals surface area (Å²) in [6, 6.07) is 14.6. The Hall–Kier alpha value is -1.65. The SMILES string of the molecule is O=C(Nc1cccc(CO)c1)c1cccc(CBr)c1. The Kier molecular flexibility index (Phi) is 4.71. The average molecular weight is 320 g/mol. The molecule has 1 amide bonds. The fourth-order valence-corrected chi connectivity index (χ4v) is 2.10. The first-order valence-electron chi connectivity index (χ1n) is 5.89. The van der Waals surface area contributed by atoms with Crippen LogP contribution in [0.25, 0.3) is 0 Å². The molecule has 0 atom stereocenters. The number of anilines is 1. The maximum absolute atomic E-state index is 12.1. The van der Waals surface area contributed by atoms with Crippen LogP contribution in [-0.2, 0) is 11.9 Å². The highest BCUT2D eigenvalue weighted by molar-refractivity contribution is 9.08. The van der Waals surface area contributed by atoms with Crippen LogP contribution in [-0.4, -0.2) is 11.0 Å². The molecule has 2 aromatic rings. The van der Waals surface area contributed by atoms with Gasteiger partial charge in [0.1, 0.15) is 0 Å². The number of aliphatic hydroxyl groups excluding tert-OH is 1. The summed E-state index contributed by atoms with van der Waals surface area (Å²) in [7, 11) is 0. The average Bonchev–Trinajstić information content (AvgIpc) is 2.47. The second-order valence-corrected chi connectivity index (χ2v) is 4.71. The molecule has 2 N–H and O–H groups in total. The summed E-state index contributed by atoms with van der Waals surface area (Å²) in [6.45, 7) is -0.0389. The van der Waals surface area contributed by atoms with Gasteiger partial charge in [0, 0.05) is 16.6 Å². The molecule has 3 nitrogen and oxygen atoms in total. The minimum atomic E-state index is -0.155.